The van der Waals surface area contributed by atoms with Gasteiger partial charge in [0.1, 0.15) is 11.6 Å². The van der Waals surface area contributed by atoms with Crippen LogP contribution in [0.3, 0.4) is 0 Å². The summed E-state index contributed by atoms with van der Waals surface area (Å²) in [5.74, 6) is -2.10. The summed E-state index contributed by atoms with van der Waals surface area (Å²) in [5, 5.41) is 0. The van der Waals surface area contributed by atoms with Crippen LogP contribution in [0.25, 0.3) is 0 Å². The normalized spacial score (nSPS) is 13.3. The highest BCUT2D eigenvalue weighted by Gasteiger charge is 2.39. The molecular weight excluding hydrogens is 240 g/mol. The van der Waals surface area contributed by atoms with Crippen LogP contribution in [0.15, 0.2) is 12.1 Å². The summed E-state index contributed by atoms with van der Waals surface area (Å²) in [5.41, 5.74) is 4.61. The number of hydrogen-bond acceptors (Lipinski definition) is 3. The molecule has 0 amide bonds. The van der Waals surface area contributed by atoms with Gasteiger partial charge in [0.25, 0.3) is 0 Å². The molecule has 0 unspecified atom stereocenters. The molecule has 2 N–H and O–H groups in total. The van der Waals surface area contributed by atoms with Crippen molar-refractivity contribution in [3.05, 3.63) is 34.9 Å². The van der Waals surface area contributed by atoms with E-state index in [9.17, 15) is 13.6 Å². The number of rotatable bonds is 3. The van der Waals surface area contributed by atoms with Crippen LogP contribution < -0.4 is 5.73 Å². The molecule has 1 aromatic rings. The predicted molar refractivity (Wildman–Crippen MR) is 63.8 cm³/mol. The van der Waals surface area contributed by atoms with Crippen LogP contribution in [-0.2, 0) is 9.53 Å². The molecule has 0 saturated heterocycles. The topological polar surface area (TPSA) is 52.3 Å². The fourth-order valence-electron chi connectivity index (χ4n) is 1.71. The van der Waals surface area contributed by atoms with Gasteiger partial charge in [-0.1, -0.05) is 6.07 Å². The Morgan fingerprint density at radius 1 is 1.39 bits per heavy atom. The van der Waals surface area contributed by atoms with Crippen LogP contribution in [-0.4, -0.2) is 13.1 Å². The van der Waals surface area contributed by atoms with Crippen LogP contribution in [0.5, 0.6) is 0 Å². The van der Waals surface area contributed by atoms with Crippen molar-refractivity contribution in [2.45, 2.75) is 26.8 Å². The lowest BCUT2D eigenvalue weighted by Crippen LogP contribution is -2.38. The van der Waals surface area contributed by atoms with Gasteiger partial charge in [-0.05, 0) is 32.4 Å². The molecule has 0 aliphatic heterocycles. The molecule has 1 rings (SSSR count). The van der Waals surface area contributed by atoms with Gasteiger partial charge in [0.15, 0.2) is 0 Å². The fourth-order valence-corrected chi connectivity index (χ4v) is 1.71. The van der Waals surface area contributed by atoms with E-state index in [0.29, 0.717) is 0 Å². The SMILES string of the molecule is COC(=O)C(C)(C)[C@H](N)c1c(F)ccc(C)c1F. The molecule has 5 heteroatoms. The second kappa shape index (κ2) is 5.02. The van der Waals surface area contributed by atoms with Gasteiger partial charge in [0, 0.05) is 5.56 Å². The summed E-state index contributed by atoms with van der Waals surface area (Å²) in [6.07, 6.45) is 0. The van der Waals surface area contributed by atoms with Crippen LogP contribution in [0, 0.1) is 24.0 Å². The highest BCUT2D eigenvalue weighted by Crippen LogP contribution is 2.35. The first-order valence-corrected chi connectivity index (χ1v) is 5.52. The minimum absolute atomic E-state index is 0.280. The molecule has 1 aromatic carbocycles. The first-order valence-electron chi connectivity index (χ1n) is 5.52. The molecule has 0 aliphatic carbocycles. The second-order valence-corrected chi connectivity index (χ2v) is 4.78. The average Bonchev–Trinajstić information content (AvgIpc) is 2.33. The lowest BCUT2D eigenvalue weighted by Gasteiger charge is -2.29. The molecule has 3 nitrogen and oxygen atoms in total. The third-order valence-electron chi connectivity index (χ3n) is 3.12. The van der Waals surface area contributed by atoms with Gasteiger partial charge >= 0.3 is 5.97 Å². The van der Waals surface area contributed by atoms with Gasteiger partial charge in [-0.3, -0.25) is 4.79 Å². The molecular formula is C13H17F2NO2. The van der Waals surface area contributed by atoms with Gasteiger partial charge in [0.05, 0.1) is 18.6 Å². The van der Waals surface area contributed by atoms with Gasteiger partial charge in [-0.25, -0.2) is 8.78 Å². The van der Waals surface area contributed by atoms with Crippen LogP contribution in [0.1, 0.15) is 31.0 Å². The Bertz CT molecular complexity index is 472. The van der Waals surface area contributed by atoms with Gasteiger partial charge in [-0.2, -0.15) is 0 Å². The highest BCUT2D eigenvalue weighted by molar-refractivity contribution is 5.77. The van der Waals surface area contributed by atoms with Crippen molar-refractivity contribution in [2.75, 3.05) is 7.11 Å². The Labute approximate surface area is 105 Å². The summed E-state index contributed by atoms with van der Waals surface area (Å²) in [4.78, 5) is 11.6. The molecule has 0 fully saturated rings. The first kappa shape index (κ1) is 14.6. The van der Waals surface area contributed by atoms with E-state index in [1.165, 1.54) is 33.9 Å². The van der Waals surface area contributed by atoms with E-state index in [1.54, 1.807) is 0 Å². The summed E-state index contributed by atoms with van der Waals surface area (Å²) in [6, 6.07) is 1.34. The quantitative estimate of drug-likeness (QED) is 0.846. The molecule has 0 spiro atoms. The standard InChI is InChI=1S/C13H17F2NO2/c1-7-5-6-8(14)9(10(7)15)11(16)13(2,3)12(17)18-4/h5-6,11H,16H2,1-4H3/t11-/m1/s1. The molecule has 0 saturated carbocycles. The third-order valence-corrected chi connectivity index (χ3v) is 3.12. The van der Waals surface area contributed by atoms with Crippen molar-refractivity contribution < 1.29 is 18.3 Å². The zero-order valence-electron chi connectivity index (χ0n) is 10.9. The molecule has 100 valence electrons. The largest absolute Gasteiger partial charge is 0.469 e. The Hall–Kier alpha value is -1.49. The molecule has 0 aliphatic rings. The van der Waals surface area contributed by atoms with E-state index in [-0.39, 0.29) is 11.1 Å². The number of aryl methyl sites for hydroxylation is 1. The number of benzene rings is 1. The number of carbonyl (C=O) groups excluding carboxylic acids is 1. The average molecular weight is 257 g/mol. The van der Waals surface area contributed by atoms with Gasteiger partial charge < -0.3 is 10.5 Å². The maximum Gasteiger partial charge on any atom is 0.313 e. The number of methoxy groups -OCH3 is 1. The second-order valence-electron chi connectivity index (χ2n) is 4.78. The molecule has 0 heterocycles. The van der Waals surface area contributed by atoms with E-state index >= 15 is 0 Å². The zero-order valence-corrected chi connectivity index (χ0v) is 10.9. The number of ether oxygens (including phenoxy) is 1. The van der Waals surface area contributed by atoms with Crippen molar-refractivity contribution in [1.29, 1.82) is 0 Å². The van der Waals surface area contributed by atoms with E-state index < -0.39 is 29.1 Å². The molecule has 0 aromatic heterocycles. The minimum atomic E-state index is -1.22. The highest BCUT2D eigenvalue weighted by atomic mass is 19.1. The number of hydrogen-bond donors (Lipinski definition) is 1. The van der Waals surface area contributed by atoms with Crippen molar-refractivity contribution in [1.82, 2.24) is 0 Å². The van der Waals surface area contributed by atoms with E-state index in [1.807, 2.05) is 0 Å². The summed E-state index contributed by atoms with van der Waals surface area (Å²) in [7, 11) is 1.21. The maximum absolute atomic E-state index is 13.9. The van der Waals surface area contributed by atoms with Crippen LogP contribution in [0.2, 0.25) is 0 Å². The molecule has 1 atom stereocenters. The van der Waals surface area contributed by atoms with Crippen molar-refractivity contribution in [3.63, 3.8) is 0 Å². The number of halogens is 2. The summed E-state index contributed by atoms with van der Waals surface area (Å²) in [6.45, 7) is 4.49. The Balaban J connectivity index is 3.31. The van der Waals surface area contributed by atoms with Gasteiger partial charge in [0.2, 0.25) is 0 Å². The first-order chi connectivity index (χ1) is 8.23. The van der Waals surface area contributed by atoms with Crippen LogP contribution >= 0.6 is 0 Å². The number of nitrogens with two attached hydrogens (primary N) is 1. The Morgan fingerprint density at radius 3 is 2.44 bits per heavy atom. The monoisotopic (exact) mass is 257 g/mol. The third kappa shape index (κ3) is 2.36. The maximum atomic E-state index is 13.9. The van der Waals surface area contributed by atoms with Crippen molar-refractivity contribution in [2.24, 2.45) is 11.1 Å². The molecule has 18 heavy (non-hydrogen) atoms. The van der Waals surface area contributed by atoms with Crippen molar-refractivity contribution in [3.8, 4) is 0 Å². The van der Waals surface area contributed by atoms with E-state index in [2.05, 4.69) is 4.74 Å². The fraction of sp³-hybridized carbons (Fsp3) is 0.462. The predicted octanol–water partition coefficient (Wildman–Crippen LogP) is 2.47. The van der Waals surface area contributed by atoms with E-state index in [0.717, 1.165) is 6.07 Å². The number of carbonyl (C=O) groups is 1. The lowest BCUT2D eigenvalue weighted by atomic mass is 9.80. The summed E-state index contributed by atoms with van der Waals surface area (Å²) < 4.78 is 32.2. The smallest absolute Gasteiger partial charge is 0.313 e. The Kier molecular flexibility index (Phi) is 4.06. The Morgan fingerprint density at radius 2 is 1.94 bits per heavy atom. The van der Waals surface area contributed by atoms with Gasteiger partial charge in [-0.15, -0.1) is 0 Å². The van der Waals surface area contributed by atoms with Crippen molar-refractivity contribution >= 4 is 5.97 Å². The minimum Gasteiger partial charge on any atom is -0.469 e. The van der Waals surface area contributed by atoms with E-state index in [4.69, 9.17) is 5.73 Å². The summed E-state index contributed by atoms with van der Waals surface area (Å²) >= 11 is 0. The molecule has 0 radical (unpaired) electrons. The number of esters is 1. The van der Waals surface area contributed by atoms with Crippen LogP contribution in [0.4, 0.5) is 8.78 Å². The lowest BCUT2D eigenvalue weighted by molar-refractivity contribution is -0.152. The zero-order chi connectivity index (χ0) is 14.1. The molecule has 0 bridgehead atoms.